The minimum absolute atomic E-state index is 0.775. The van der Waals surface area contributed by atoms with Crippen LogP contribution in [0.3, 0.4) is 0 Å². The van der Waals surface area contributed by atoms with Crippen molar-refractivity contribution in [1.29, 1.82) is 0 Å². The highest BCUT2D eigenvalue weighted by Crippen LogP contribution is 2.33. The van der Waals surface area contributed by atoms with E-state index in [9.17, 15) is 0 Å². The number of hydrogen-bond donors (Lipinski definition) is 0. The zero-order chi connectivity index (χ0) is 29.0. The fraction of sp³-hybridized carbons (Fsp3) is 0. The van der Waals surface area contributed by atoms with Gasteiger partial charge in [-0.3, -0.25) is 19.1 Å². The lowest BCUT2D eigenvalue weighted by Crippen LogP contribution is -2.01. The largest absolute Gasteiger partial charge is 0.292 e. The van der Waals surface area contributed by atoms with Gasteiger partial charge < -0.3 is 0 Å². The number of pyridine rings is 5. The highest BCUT2D eigenvalue weighted by Gasteiger charge is 2.16. The predicted molar refractivity (Wildman–Crippen MR) is 175 cm³/mol. The third-order valence-corrected chi connectivity index (χ3v) is 8.15. The van der Waals surface area contributed by atoms with Crippen LogP contribution < -0.4 is 0 Å². The lowest BCUT2D eigenvalue weighted by Gasteiger charge is -2.10. The standard InChI is InChI=1S/C37H23N7/c1-3-14-32-24(8-1)26-18-20-38-22-34(26)43(32)36-16-6-12-30(41-36)28-10-5-11-29(40-28)31-13-7-17-37(42-31)44-33-15-4-2-9-25(33)27-19-21-39-23-35(27)44/h1-23H. The molecule has 0 atom stereocenters. The Labute approximate surface area is 251 Å². The Hall–Kier alpha value is -6.21. The van der Waals surface area contributed by atoms with Crippen molar-refractivity contribution in [3.8, 4) is 34.4 Å². The molecule has 7 heterocycles. The first-order valence-corrected chi connectivity index (χ1v) is 14.4. The number of hydrogen-bond acceptors (Lipinski definition) is 5. The summed E-state index contributed by atoms with van der Waals surface area (Å²) in [6, 6.07) is 38.9. The summed E-state index contributed by atoms with van der Waals surface area (Å²) in [4.78, 5) is 24.0. The number of nitrogens with zero attached hydrogens (tertiary/aromatic N) is 7. The van der Waals surface area contributed by atoms with Crippen molar-refractivity contribution in [2.75, 3.05) is 0 Å². The molecule has 7 nitrogen and oxygen atoms in total. The van der Waals surface area contributed by atoms with Crippen molar-refractivity contribution < 1.29 is 0 Å². The van der Waals surface area contributed by atoms with Crippen LogP contribution in [-0.2, 0) is 0 Å². The van der Waals surface area contributed by atoms with Crippen molar-refractivity contribution >= 4 is 43.6 Å². The van der Waals surface area contributed by atoms with E-state index < -0.39 is 0 Å². The van der Waals surface area contributed by atoms with Crippen LogP contribution in [0, 0.1) is 0 Å². The molecule has 0 aliphatic rings. The summed E-state index contributed by atoms with van der Waals surface area (Å²) in [5.41, 5.74) is 7.31. The number of aromatic nitrogens is 7. The number of fused-ring (bicyclic) bond motifs is 6. The molecule has 2 aromatic carbocycles. The van der Waals surface area contributed by atoms with Gasteiger partial charge in [0.25, 0.3) is 0 Å². The van der Waals surface area contributed by atoms with Crippen LogP contribution in [-0.4, -0.2) is 34.1 Å². The normalized spacial score (nSPS) is 11.6. The van der Waals surface area contributed by atoms with Gasteiger partial charge in [-0.05, 0) is 60.7 Å². The highest BCUT2D eigenvalue weighted by molar-refractivity contribution is 6.09. The molecule has 9 aromatic rings. The van der Waals surface area contributed by atoms with E-state index in [0.717, 1.165) is 67.3 Å². The maximum absolute atomic E-state index is 5.09. The van der Waals surface area contributed by atoms with Gasteiger partial charge in [-0.25, -0.2) is 15.0 Å². The molecule has 0 N–H and O–H groups in total. The van der Waals surface area contributed by atoms with E-state index in [1.807, 2.05) is 79.4 Å². The van der Waals surface area contributed by atoms with Crippen molar-refractivity contribution in [2.45, 2.75) is 0 Å². The molecule has 0 saturated heterocycles. The second-order valence-corrected chi connectivity index (χ2v) is 10.7. The van der Waals surface area contributed by atoms with Crippen LogP contribution in [0.4, 0.5) is 0 Å². The summed E-state index contributed by atoms with van der Waals surface area (Å²) in [7, 11) is 0. The van der Waals surface area contributed by atoms with Crippen LogP contribution in [0.15, 0.2) is 140 Å². The Morgan fingerprint density at radius 3 is 1.25 bits per heavy atom. The second-order valence-electron chi connectivity index (χ2n) is 10.7. The Morgan fingerprint density at radius 2 is 0.750 bits per heavy atom. The van der Waals surface area contributed by atoms with Crippen molar-refractivity contribution in [1.82, 2.24) is 34.1 Å². The minimum Gasteiger partial charge on any atom is -0.292 e. The summed E-state index contributed by atoms with van der Waals surface area (Å²) in [6.45, 7) is 0. The molecular weight excluding hydrogens is 542 g/mol. The summed E-state index contributed by atoms with van der Waals surface area (Å²) < 4.78 is 4.33. The zero-order valence-electron chi connectivity index (χ0n) is 23.4. The molecule has 44 heavy (non-hydrogen) atoms. The first-order chi connectivity index (χ1) is 21.8. The monoisotopic (exact) mass is 565 g/mol. The van der Waals surface area contributed by atoms with Gasteiger partial charge in [-0.15, -0.1) is 0 Å². The topological polar surface area (TPSA) is 74.3 Å². The molecular formula is C37H23N7. The van der Waals surface area contributed by atoms with E-state index in [1.54, 1.807) is 0 Å². The van der Waals surface area contributed by atoms with Gasteiger partial charge in [-0.1, -0.05) is 54.6 Å². The van der Waals surface area contributed by atoms with Crippen LogP contribution >= 0.6 is 0 Å². The lowest BCUT2D eigenvalue weighted by molar-refractivity contribution is 1.06. The smallest absolute Gasteiger partial charge is 0.138 e. The Kier molecular flexibility index (Phi) is 5.36. The van der Waals surface area contributed by atoms with Gasteiger partial charge in [0.05, 0.1) is 57.2 Å². The highest BCUT2D eigenvalue weighted by atomic mass is 15.1. The molecule has 7 aromatic heterocycles. The number of benzene rings is 2. The minimum atomic E-state index is 0.775. The predicted octanol–water partition coefficient (Wildman–Crippen LogP) is 8.19. The van der Waals surface area contributed by atoms with Gasteiger partial charge in [0.15, 0.2) is 0 Å². The summed E-state index contributed by atoms with van der Waals surface area (Å²) in [5, 5.41) is 4.63. The molecule has 0 fully saturated rings. The van der Waals surface area contributed by atoms with E-state index in [0.29, 0.717) is 0 Å². The second kappa shape index (κ2) is 9.68. The Morgan fingerprint density at radius 1 is 0.341 bits per heavy atom. The molecule has 0 unspecified atom stereocenters. The van der Waals surface area contributed by atoms with Gasteiger partial charge >= 0.3 is 0 Å². The van der Waals surface area contributed by atoms with Crippen LogP contribution in [0.1, 0.15) is 0 Å². The summed E-state index contributed by atoms with van der Waals surface area (Å²) in [5.74, 6) is 1.63. The van der Waals surface area contributed by atoms with Crippen LogP contribution in [0.2, 0.25) is 0 Å². The Bertz CT molecular complexity index is 2250. The van der Waals surface area contributed by atoms with Crippen LogP contribution in [0.25, 0.3) is 78.0 Å². The van der Waals surface area contributed by atoms with Gasteiger partial charge in [0.2, 0.25) is 0 Å². The number of para-hydroxylation sites is 2. The lowest BCUT2D eigenvalue weighted by atomic mass is 10.2. The van der Waals surface area contributed by atoms with Crippen LogP contribution in [0.5, 0.6) is 0 Å². The fourth-order valence-corrected chi connectivity index (χ4v) is 6.23. The van der Waals surface area contributed by atoms with Gasteiger partial charge in [0, 0.05) is 33.9 Å². The van der Waals surface area contributed by atoms with E-state index in [1.165, 1.54) is 10.8 Å². The molecule has 0 aliphatic heterocycles. The molecule has 9 rings (SSSR count). The van der Waals surface area contributed by atoms with Crippen molar-refractivity contribution in [3.63, 3.8) is 0 Å². The molecule has 0 spiro atoms. The van der Waals surface area contributed by atoms with Gasteiger partial charge in [-0.2, -0.15) is 0 Å². The quantitative estimate of drug-likeness (QED) is 0.215. The molecule has 206 valence electrons. The molecule has 7 heteroatoms. The van der Waals surface area contributed by atoms with Crippen molar-refractivity contribution in [2.24, 2.45) is 0 Å². The molecule has 0 amide bonds. The first kappa shape index (κ1) is 24.4. The zero-order valence-corrected chi connectivity index (χ0v) is 23.4. The maximum atomic E-state index is 5.09. The van der Waals surface area contributed by atoms with Gasteiger partial charge in [0.1, 0.15) is 11.6 Å². The van der Waals surface area contributed by atoms with E-state index in [4.69, 9.17) is 15.0 Å². The summed E-state index contributed by atoms with van der Waals surface area (Å²) in [6.07, 6.45) is 7.46. The van der Waals surface area contributed by atoms with E-state index in [-0.39, 0.29) is 0 Å². The molecule has 0 aliphatic carbocycles. The fourth-order valence-electron chi connectivity index (χ4n) is 6.23. The Balaban J connectivity index is 1.15. The van der Waals surface area contributed by atoms with E-state index in [2.05, 4.69) is 79.8 Å². The molecule has 0 radical (unpaired) electrons. The van der Waals surface area contributed by atoms with Crippen molar-refractivity contribution in [3.05, 3.63) is 140 Å². The first-order valence-electron chi connectivity index (χ1n) is 14.4. The average Bonchev–Trinajstić information content (AvgIpc) is 3.62. The average molecular weight is 566 g/mol. The van der Waals surface area contributed by atoms with E-state index >= 15 is 0 Å². The SMILES string of the molecule is c1cc(-c2cccc(-n3c4ccccc4c4ccncc43)n2)nc(-c2cccc(-n3c4ccccc4c4ccncc43)n2)c1. The summed E-state index contributed by atoms with van der Waals surface area (Å²) >= 11 is 0. The maximum Gasteiger partial charge on any atom is 0.138 e. The number of rotatable bonds is 4. The molecule has 0 bridgehead atoms. The third kappa shape index (κ3) is 3.73. The molecule has 0 saturated carbocycles. The third-order valence-electron chi connectivity index (χ3n) is 8.15.